The van der Waals surface area contributed by atoms with E-state index in [4.69, 9.17) is 16.6 Å². The van der Waals surface area contributed by atoms with Gasteiger partial charge in [0.15, 0.2) is 0 Å². The van der Waals surface area contributed by atoms with Crippen molar-refractivity contribution in [1.82, 2.24) is 30.6 Å². The summed E-state index contributed by atoms with van der Waals surface area (Å²) in [5.74, 6) is 1.07. The van der Waals surface area contributed by atoms with Crippen molar-refractivity contribution in [2.75, 3.05) is 37.6 Å². The monoisotopic (exact) mass is 766 g/mol. The third kappa shape index (κ3) is 10.5. The molecule has 0 radical (unpaired) electrons. The molecule has 0 atom stereocenters. The third-order valence-electron chi connectivity index (χ3n) is 8.21. The molecule has 2 aliphatic heterocycles. The van der Waals surface area contributed by atoms with Gasteiger partial charge in [0.1, 0.15) is 11.6 Å². The number of piperidine rings is 2. The van der Waals surface area contributed by atoms with Crippen LogP contribution in [0.2, 0.25) is 0 Å². The molecule has 2 aromatic carbocycles. The molecule has 2 aliphatic rings. The highest BCUT2D eigenvalue weighted by molar-refractivity contribution is 9.10. The van der Waals surface area contributed by atoms with Gasteiger partial charge in [-0.25, -0.2) is 4.79 Å². The molecule has 0 spiro atoms. The summed E-state index contributed by atoms with van der Waals surface area (Å²) in [4.78, 5) is 25.1. The van der Waals surface area contributed by atoms with Gasteiger partial charge in [-0.15, -0.1) is 10.2 Å². The van der Waals surface area contributed by atoms with E-state index < -0.39 is 5.97 Å². The number of hydrogen-bond acceptors (Lipinski definition) is 9. The Labute approximate surface area is 291 Å². The van der Waals surface area contributed by atoms with Gasteiger partial charge in [0.05, 0.1) is 17.0 Å². The molecular weight excluding hydrogens is 728 g/mol. The number of rotatable bonds is 4. The zero-order chi connectivity index (χ0) is 33.9. The Kier molecular flexibility index (Phi) is 13.2. The first-order valence-corrected chi connectivity index (χ1v) is 17.0. The first-order chi connectivity index (χ1) is 22.5. The summed E-state index contributed by atoms with van der Waals surface area (Å²) in [5.41, 5.74) is 16.0. The number of aromatic nitrogens is 4. The fraction of sp³-hybridized carbons (Fsp3) is 0.353. The molecule has 2 aromatic heterocycles. The molecule has 248 valence electrons. The number of carbonyl (C=O) groups excluding carboxylic acids is 1. The molecule has 6 rings (SSSR count). The van der Waals surface area contributed by atoms with Gasteiger partial charge < -0.3 is 26.8 Å². The number of nitrogens with two attached hydrogens (primary N) is 2. The van der Waals surface area contributed by atoms with Crippen LogP contribution < -0.4 is 16.8 Å². The smallest absolute Gasteiger partial charge is 0.335 e. The fourth-order valence-electron chi connectivity index (χ4n) is 5.54. The van der Waals surface area contributed by atoms with Gasteiger partial charge in [0.2, 0.25) is 0 Å². The Bertz CT molecular complexity index is 1640. The van der Waals surface area contributed by atoms with E-state index in [2.05, 4.69) is 57.6 Å². The molecule has 47 heavy (non-hydrogen) atoms. The molecule has 6 N–H and O–H groups in total. The van der Waals surface area contributed by atoms with Crippen LogP contribution in [0.25, 0.3) is 0 Å². The van der Waals surface area contributed by atoms with Crippen molar-refractivity contribution in [2.24, 2.45) is 0 Å². The average molecular weight is 769 g/mol. The minimum atomic E-state index is -0.880. The van der Waals surface area contributed by atoms with Gasteiger partial charge in [-0.1, -0.05) is 31.9 Å². The number of nitrogens with zero attached hydrogens (tertiary/aromatic N) is 5. The van der Waals surface area contributed by atoms with Gasteiger partial charge in [0, 0.05) is 39.4 Å². The maximum Gasteiger partial charge on any atom is 0.335 e. The second kappa shape index (κ2) is 17.3. The number of nitrogen functional groups attached to an aromatic ring is 2. The minimum absolute atomic E-state index is 0.108. The Morgan fingerprint density at radius 1 is 0.723 bits per heavy atom. The maximum absolute atomic E-state index is 12.7. The summed E-state index contributed by atoms with van der Waals surface area (Å²) in [6.45, 7) is 7.38. The summed E-state index contributed by atoms with van der Waals surface area (Å²) >= 11 is 6.69. The van der Waals surface area contributed by atoms with E-state index >= 15 is 0 Å². The van der Waals surface area contributed by atoms with Crippen molar-refractivity contribution in [3.8, 4) is 0 Å². The van der Waals surface area contributed by atoms with Crippen molar-refractivity contribution in [1.29, 1.82) is 0 Å². The number of carboxylic acids is 1. The Balaban J connectivity index is 0.000000176. The van der Waals surface area contributed by atoms with Crippen LogP contribution in [-0.4, -0.2) is 68.5 Å². The summed E-state index contributed by atoms with van der Waals surface area (Å²) < 4.78 is 1.90. The number of halogens is 2. The zero-order valence-corrected chi connectivity index (χ0v) is 29.7. The van der Waals surface area contributed by atoms with Gasteiger partial charge in [-0.3, -0.25) is 4.79 Å². The molecule has 4 aromatic rings. The molecule has 13 heteroatoms. The van der Waals surface area contributed by atoms with E-state index in [1.807, 2.05) is 48.2 Å². The van der Waals surface area contributed by atoms with E-state index in [1.165, 1.54) is 0 Å². The highest BCUT2D eigenvalue weighted by Crippen LogP contribution is 2.28. The van der Waals surface area contributed by atoms with E-state index in [9.17, 15) is 9.59 Å². The molecule has 2 saturated heterocycles. The van der Waals surface area contributed by atoms with Gasteiger partial charge >= 0.3 is 5.97 Å². The first-order valence-electron chi connectivity index (χ1n) is 15.5. The predicted octanol–water partition coefficient (Wildman–Crippen LogP) is 6.13. The normalized spacial score (nSPS) is 15.1. The maximum atomic E-state index is 12.7. The third-order valence-corrected chi connectivity index (χ3v) is 9.19. The highest BCUT2D eigenvalue weighted by atomic mass is 79.9. The van der Waals surface area contributed by atoms with Gasteiger partial charge in [-0.2, -0.15) is 10.2 Å². The van der Waals surface area contributed by atoms with Crippen LogP contribution in [-0.2, 0) is 0 Å². The quantitative estimate of drug-likeness (QED) is 0.189. The molecule has 0 bridgehead atoms. The van der Waals surface area contributed by atoms with Gasteiger partial charge in [0.25, 0.3) is 5.91 Å². The van der Waals surface area contributed by atoms with Crippen LogP contribution in [0.5, 0.6) is 0 Å². The van der Waals surface area contributed by atoms with Crippen molar-refractivity contribution in [3.63, 3.8) is 0 Å². The molecule has 11 nitrogen and oxygen atoms in total. The lowest BCUT2D eigenvalue weighted by atomic mass is 9.92. The second-order valence-electron chi connectivity index (χ2n) is 11.6. The molecule has 0 saturated carbocycles. The number of hydrogen-bond donors (Lipinski definition) is 4. The van der Waals surface area contributed by atoms with Crippen molar-refractivity contribution in [3.05, 3.63) is 103 Å². The fourth-order valence-corrected chi connectivity index (χ4v) is 6.49. The van der Waals surface area contributed by atoms with Crippen LogP contribution in [0, 0.1) is 13.8 Å². The average Bonchev–Trinajstić information content (AvgIpc) is 3.06. The number of aryl methyl sites for hydroxylation is 2. The largest absolute Gasteiger partial charge is 0.478 e. The topological polar surface area (TPSA) is 173 Å². The Hall–Kier alpha value is -3.94. The van der Waals surface area contributed by atoms with Crippen LogP contribution in [0.1, 0.15) is 80.7 Å². The molecular formula is C34H40Br2N8O3. The number of carboxylic acid groups (broad SMARTS) is 1. The summed E-state index contributed by atoms with van der Waals surface area (Å²) in [7, 11) is 0. The number of likely N-dealkylation sites (tertiary alicyclic amines) is 1. The molecule has 2 fully saturated rings. The number of anilines is 2. The van der Waals surface area contributed by atoms with Crippen LogP contribution >= 0.6 is 31.9 Å². The number of aromatic carboxylic acids is 1. The van der Waals surface area contributed by atoms with Crippen LogP contribution in [0.15, 0.2) is 69.6 Å². The first kappa shape index (κ1) is 35.9. The van der Waals surface area contributed by atoms with E-state index in [1.54, 1.807) is 31.2 Å². The Morgan fingerprint density at radius 2 is 1.19 bits per heavy atom. The van der Waals surface area contributed by atoms with Crippen molar-refractivity contribution >= 4 is 55.4 Å². The number of benzene rings is 2. The zero-order valence-electron chi connectivity index (χ0n) is 26.5. The standard InChI is InChI=1S/C17H19BrN4O.C9H14N4.C8H7BrO2/c1-11-10-13(18)2-3-14(11)17(23)22-8-6-12(7-9-22)15-4-5-16(19)21-20-15;10-9-2-1-8(12-13-9)7-3-5-11-6-4-7;1-5-4-6(9)2-3-7(5)8(10)11/h2-5,10,12H,6-9H2,1H3,(H2,19,21);1-2,7,11H,3-6H2,(H2,10,13);2-4H,1H3,(H,10,11). The second-order valence-corrected chi connectivity index (χ2v) is 13.4. The molecule has 1 amide bonds. The Morgan fingerprint density at radius 3 is 1.62 bits per heavy atom. The lowest BCUT2D eigenvalue weighted by molar-refractivity contribution is 0.0692. The van der Waals surface area contributed by atoms with Gasteiger partial charge in [-0.05, 0) is 124 Å². The number of amides is 1. The summed E-state index contributed by atoms with van der Waals surface area (Å²) in [5, 5.41) is 28.0. The van der Waals surface area contributed by atoms with E-state index in [-0.39, 0.29) is 5.91 Å². The van der Waals surface area contributed by atoms with Crippen LogP contribution in [0.4, 0.5) is 11.6 Å². The predicted molar refractivity (Wildman–Crippen MR) is 190 cm³/mol. The lowest BCUT2D eigenvalue weighted by Gasteiger charge is -2.32. The summed E-state index contributed by atoms with van der Waals surface area (Å²) in [6.07, 6.45) is 4.11. The molecule has 0 unspecified atom stereocenters. The minimum Gasteiger partial charge on any atom is -0.478 e. The molecule has 4 heterocycles. The van der Waals surface area contributed by atoms with E-state index in [0.717, 1.165) is 88.9 Å². The molecule has 0 aliphatic carbocycles. The highest BCUT2D eigenvalue weighted by Gasteiger charge is 2.26. The number of carbonyl (C=O) groups is 2. The lowest BCUT2D eigenvalue weighted by Crippen LogP contribution is -2.38. The summed E-state index contributed by atoms with van der Waals surface area (Å²) in [6, 6.07) is 18.4. The number of nitrogens with one attached hydrogen (secondary N) is 1. The van der Waals surface area contributed by atoms with Crippen molar-refractivity contribution < 1.29 is 14.7 Å². The van der Waals surface area contributed by atoms with E-state index in [0.29, 0.717) is 29.0 Å². The SMILES string of the molecule is Cc1cc(Br)ccc1C(=O)N1CCC(c2ccc(N)nn2)CC1.Cc1cc(Br)ccc1C(=O)O.Nc1ccc(C2CCNCC2)nn1. The van der Waals surface area contributed by atoms with Crippen molar-refractivity contribution in [2.45, 2.75) is 51.4 Å². The van der Waals surface area contributed by atoms with Crippen LogP contribution in [0.3, 0.4) is 0 Å².